The van der Waals surface area contributed by atoms with Gasteiger partial charge >= 0.3 is 12.1 Å². The number of nitrogens with two attached hydrogens (primary N) is 1. The highest BCUT2D eigenvalue weighted by molar-refractivity contribution is 5.80. The molecule has 0 saturated carbocycles. The molecule has 0 heterocycles. The van der Waals surface area contributed by atoms with Crippen molar-refractivity contribution in [2.45, 2.75) is 38.8 Å². The number of ether oxygens (including phenoxy) is 1. The number of aliphatic carboxylic acids is 1. The summed E-state index contributed by atoms with van der Waals surface area (Å²) in [5, 5.41) is 20.8. The average Bonchev–Trinajstić information content (AvgIpc) is 2.30. The number of hydrogen-bond acceptors (Lipinski definition) is 5. The third-order valence-electron chi connectivity index (χ3n) is 2.52. The third-order valence-corrected chi connectivity index (χ3v) is 2.52. The van der Waals surface area contributed by atoms with Crippen molar-refractivity contribution in [1.29, 1.82) is 0 Å². The predicted octanol–water partition coefficient (Wildman–Crippen LogP) is 1.49. The summed E-state index contributed by atoms with van der Waals surface area (Å²) in [5.41, 5.74) is 5.56. The maximum Gasteiger partial charge on any atom is 0.408 e. The first kappa shape index (κ1) is 16.6. The Labute approximate surface area is 122 Å². The summed E-state index contributed by atoms with van der Waals surface area (Å²) >= 11 is 0. The van der Waals surface area contributed by atoms with Crippen molar-refractivity contribution in [3.8, 4) is 5.75 Å². The molecule has 0 fully saturated rings. The molecule has 5 N–H and O–H groups in total. The van der Waals surface area contributed by atoms with Crippen molar-refractivity contribution in [3.63, 3.8) is 0 Å². The van der Waals surface area contributed by atoms with Crippen LogP contribution in [0.2, 0.25) is 0 Å². The summed E-state index contributed by atoms with van der Waals surface area (Å²) in [5.74, 6) is -1.27. The van der Waals surface area contributed by atoms with E-state index in [9.17, 15) is 14.7 Å². The number of carboxylic acids is 1. The van der Waals surface area contributed by atoms with Crippen molar-refractivity contribution in [2.75, 3.05) is 5.73 Å². The average molecular weight is 296 g/mol. The highest BCUT2D eigenvalue weighted by Gasteiger charge is 2.24. The maximum atomic E-state index is 11.6. The van der Waals surface area contributed by atoms with Crippen LogP contribution in [0.5, 0.6) is 5.75 Å². The van der Waals surface area contributed by atoms with Crippen molar-refractivity contribution < 1.29 is 24.5 Å². The van der Waals surface area contributed by atoms with Crippen LogP contribution in [-0.2, 0) is 16.0 Å². The van der Waals surface area contributed by atoms with Gasteiger partial charge in [0.05, 0.1) is 5.69 Å². The first-order valence-electron chi connectivity index (χ1n) is 6.38. The molecule has 1 atom stereocenters. The van der Waals surface area contributed by atoms with Crippen LogP contribution in [0.4, 0.5) is 10.5 Å². The van der Waals surface area contributed by atoms with Crippen LogP contribution < -0.4 is 11.1 Å². The standard InChI is InChI=1S/C14H20N2O5/c1-14(2,3)21-13(20)16-10(12(18)19)7-8-4-5-11(17)9(15)6-8/h4-6,10,17H,7,15H2,1-3H3,(H,16,20)(H,18,19). The van der Waals surface area contributed by atoms with Crippen LogP contribution >= 0.6 is 0 Å². The number of hydrogen-bond donors (Lipinski definition) is 4. The Bertz CT molecular complexity index is 537. The molecule has 0 aromatic heterocycles. The molecule has 0 aliphatic rings. The fourth-order valence-corrected chi connectivity index (χ4v) is 1.62. The van der Waals surface area contributed by atoms with E-state index >= 15 is 0 Å². The Kier molecular flexibility index (Phi) is 5.02. The number of nitrogen functional groups attached to an aromatic ring is 1. The summed E-state index contributed by atoms with van der Waals surface area (Å²) in [4.78, 5) is 22.8. The van der Waals surface area contributed by atoms with E-state index in [1.54, 1.807) is 26.8 Å². The molecule has 1 unspecified atom stereocenters. The van der Waals surface area contributed by atoms with E-state index in [2.05, 4.69) is 5.32 Å². The number of alkyl carbamates (subject to hydrolysis) is 1. The summed E-state index contributed by atoms with van der Waals surface area (Å²) in [6.45, 7) is 5.05. The lowest BCUT2D eigenvalue weighted by Crippen LogP contribution is -2.44. The fraction of sp³-hybridized carbons (Fsp3) is 0.429. The molecule has 7 heteroatoms. The van der Waals surface area contributed by atoms with Gasteiger partial charge in [-0.2, -0.15) is 0 Å². The zero-order valence-electron chi connectivity index (χ0n) is 12.2. The number of carbonyl (C=O) groups is 2. The summed E-state index contributed by atoms with van der Waals surface area (Å²) in [6, 6.07) is 3.22. The Hall–Kier alpha value is -2.44. The molecule has 116 valence electrons. The lowest BCUT2D eigenvalue weighted by molar-refractivity contribution is -0.139. The van der Waals surface area contributed by atoms with E-state index in [1.165, 1.54) is 12.1 Å². The lowest BCUT2D eigenvalue weighted by Gasteiger charge is -2.22. The maximum absolute atomic E-state index is 11.6. The number of benzene rings is 1. The topological polar surface area (TPSA) is 122 Å². The van der Waals surface area contributed by atoms with E-state index in [1.807, 2.05) is 0 Å². The van der Waals surface area contributed by atoms with Crippen LogP contribution in [0, 0.1) is 0 Å². The van der Waals surface area contributed by atoms with E-state index in [-0.39, 0.29) is 17.9 Å². The molecule has 0 saturated heterocycles. The predicted molar refractivity (Wildman–Crippen MR) is 77.0 cm³/mol. The number of nitrogens with one attached hydrogen (secondary N) is 1. The van der Waals surface area contributed by atoms with Gasteiger partial charge in [0.2, 0.25) is 0 Å². The van der Waals surface area contributed by atoms with Crippen LogP contribution in [-0.4, -0.2) is 33.9 Å². The fourth-order valence-electron chi connectivity index (χ4n) is 1.62. The molecule has 0 aliphatic heterocycles. The monoisotopic (exact) mass is 296 g/mol. The molecule has 1 aromatic rings. The molecule has 1 aromatic carbocycles. The minimum atomic E-state index is -1.19. The van der Waals surface area contributed by atoms with Crippen LogP contribution in [0.1, 0.15) is 26.3 Å². The highest BCUT2D eigenvalue weighted by atomic mass is 16.6. The van der Waals surface area contributed by atoms with E-state index < -0.39 is 23.7 Å². The van der Waals surface area contributed by atoms with Gasteiger partial charge in [-0.3, -0.25) is 0 Å². The van der Waals surface area contributed by atoms with Crippen LogP contribution in [0.3, 0.4) is 0 Å². The zero-order valence-corrected chi connectivity index (χ0v) is 12.2. The van der Waals surface area contributed by atoms with E-state index in [0.29, 0.717) is 5.56 Å². The van der Waals surface area contributed by atoms with Gasteiger partial charge in [0.1, 0.15) is 17.4 Å². The number of aromatic hydroxyl groups is 1. The van der Waals surface area contributed by atoms with Crippen molar-refractivity contribution in [3.05, 3.63) is 23.8 Å². The number of anilines is 1. The second kappa shape index (κ2) is 6.34. The molecule has 0 aliphatic carbocycles. The van der Waals surface area contributed by atoms with Crippen molar-refractivity contribution >= 4 is 17.7 Å². The molecule has 0 spiro atoms. The molecular formula is C14H20N2O5. The smallest absolute Gasteiger partial charge is 0.408 e. The van der Waals surface area contributed by atoms with Gasteiger partial charge in [0.15, 0.2) is 0 Å². The molecular weight excluding hydrogens is 276 g/mol. The van der Waals surface area contributed by atoms with E-state index in [0.717, 1.165) is 0 Å². The van der Waals surface area contributed by atoms with Gasteiger partial charge in [-0.15, -0.1) is 0 Å². The molecule has 0 bridgehead atoms. The second-order valence-corrected chi connectivity index (χ2v) is 5.63. The quantitative estimate of drug-likeness (QED) is 0.493. The third kappa shape index (κ3) is 5.60. The number of phenols is 1. The molecule has 1 amide bonds. The summed E-state index contributed by atoms with van der Waals surface area (Å²) in [6.07, 6.45) is -0.777. The summed E-state index contributed by atoms with van der Waals surface area (Å²) in [7, 11) is 0. The number of carboxylic acid groups (broad SMARTS) is 1. The number of rotatable bonds is 4. The zero-order chi connectivity index (χ0) is 16.2. The van der Waals surface area contributed by atoms with Crippen LogP contribution in [0.25, 0.3) is 0 Å². The Morgan fingerprint density at radius 1 is 1.38 bits per heavy atom. The summed E-state index contributed by atoms with van der Waals surface area (Å²) < 4.78 is 5.02. The van der Waals surface area contributed by atoms with Gasteiger partial charge in [0.25, 0.3) is 0 Å². The number of amides is 1. The van der Waals surface area contributed by atoms with Crippen molar-refractivity contribution in [1.82, 2.24) is 5.32 Å². The Balaban J connectivity index is 2.76. The SMILES string of the molecule is CC(C)(C)OC(=O)NC(Cc1ccc(O)c(N)c1)C(=O)O. The number of phenolic OH excluding ortho intramolecular Hbond substituents is 1. The normalized spacial score (nSPS) is 12.5. The van der Waals surface area contributed by atoms with Gasteiger partial charge in [-0.25, -0.2) is 9.59 Å². The van der Waals surface area contributed by atoms with E-state index in [4.69, 9.17) is 15.6 Å². The van der Waals surface area contributed by atoms with Crippen molar-refractivity contribution in [2.24, 2.45) is 0 Å². The lowest BCUT2D eigenvalue weighted by atomic mass is 10.1. The molecule has 7 nitrogen and oxygen atoms in total. The first-order chi connectivity index (χ1) is 9.58. The van der Waals surface area contributed by atoms with Gasteiger partial charge < -0.3 is 26.0 Å². The molecule has 0 radical (unpaired) electrons. The van der Waals surface area contributed by atoms with Gasteiger partial charge in [0, 0.05) is 6.42 Å². The Morgan fingerprint density at radius 3 is 2.48 bits per heavy atom. The molecule has 1 rings (SSSR count). The highest BCUT2D eigenvalue weighted by Crippen LogP contribution is 2.21. The second-order valence-electron chi connectivity index (χ2n) is 5.63. The van der Waals surface area contributed by atoms with Crippen LogP contribution in [0.15, 0.2) is 18.2 Å². The first-order valence-corrected chi connectivity index (χ1v) is 6.38. The minimum Gasteiger partial charge on any atom is -0.506 e. The molecule has 21 heavy (non-hydrogen) atoms. The largest absolute Gasteiger partial charge is 0.506 e. The van der Waals surface area contributed by atoms with Gasteiger partial charge in [-0.1, -0.05) is 6.07 Å². The number of carbonyl (C=O) groups excluding carboxylic acids is 1. The minimum absolute atomic E-state index is 0.0268. The van der Waals surface area contributed by atoms with Gasteiger partial charge in [-0.05, 0) is 38.5 Å². The Morgan fingerprint density at radius 2 is 2.00 bits per heavy atom.